The van der Waals surface area contributed by atoms with Crippen molar-refractivity contribution in [2.24, 2.45) is 0 Å². The largest absolute Gasteiger partial charge is 0.508 e. The summed E-state index contributed by atoms with van der Waals surface area (Å²) >= 11 is 0. The number of aliphatic hydroxyl groups excluding tert-OH is 1. The van der Waals surface area contributed by atoms with Gasteiger partial charge in [0.1, 0.15) is 17.9 Å². The van der Waals surface area contributed by atoms with Crippen molar-refractivity contribution < 1.29 is 24.9 Å². The fraction of sp³-hybridized carbons (Fsp3) is 0.333. The smallest absolute Gasteiger partial charge is 0.326 e. The molecule has 1 aromatic rings. The second-order valence-corrected chi connectivity index (χ2v) is 3.95. The molecule has 2 atom stereocenters. The van der Waals surface area contributed by atoms with Crippen molar-refractivity contribution in [1.82, 2.24) is 5.32 Å². The van der Waals surface area contributed by atoms with E-state index in [9.17, 15) is 9.59 Å². The lowest BCUT2D eigenvalue weighted by molar-refractivity contribution is -0.143. The molecule has 0 radical (unpaired) electrons. The van der Waals surface area contributed by atoms with Crippen LogP contribution in [0.1, 0.15) is 12.5 Å². The highest BCUT2D eigenvalue weighted by Gasteiger charge is 2.22. The Morgan fingerprint density at radius 3 is 2.28 bits per heavy atom. The molecule has 1 unspecified atom stereocenters. The van der Waals surface area contributed by atoms with Crippen LogP contribution in [0.3, 0.4) is 0 Å². The molecule has 0 saturated carbocycles. The summed E-state index contributed by atoms with van der Waals surface area (Å²) in [5, 5.41) is 29.3. The van der Waals surface area contributed by atoms with Gasteiger partial charge in [-0.3, -0.25) is 4.79 Å². The van der Waals surface area contributed by atoms with Crippen LogP contribution < -0.4 is 5.32 Å². The van der Waals surface area contributed by atoms with Gasteiger partial charge in [0.2, 0.25) is 5.91 Å². The van der Waals surface area contributed by atoms with Crippen LogP contribution in [0.5, 0.6) is 5.75 Å². The third-order valence-electron chi connectivity index (χ3n) is 2.37. The summed E-state index contributed by atoms with van der Waals surface area (Å²) < 4.78 is 0. The minimum atomic E-state index is -1.26. The highest BCUT2D eigenvalue weighted by Crippen LogP contribution is 2.11. The highest BCUT2D eigenvalue weighted by molar-refractivity contribution is 5.86. The molecular weight excluding hydrogens is 238 g/mol. The van der Waals surface area contributed by atoms with Gasteiger partial charge < -0.3 is 20.6 Å². The summed E-state index contributed by atoms with van der Waals surface area (Å²) in [6.45, 7) is 1.26. The number of aliphatic hydroxyl groups is 1. The fourth-order valence-electron chi connectivity index (χ4n) is 1.36. The molecule has 4 N–H and O–H groups in total. The van der Waals surface area contributed by atoms with Crippen LogP contribution in [0.2, 0.25) is 0 Å². The van der Waals surface area contributed by atoms with E-state index < -0.39 is 24.0 Å². The Bertz CT molecular complexity index is 427. The van der Waals surface area contributed by atoms with Crippen molar-refractivity contribution in [3.05, 3.63) is 29.8 Å². The van der Waals surface area contributed by atoms with E-state index in [4.69, 9.17) is 15.3 Å². The summed E-state index contributed by atoms with van der Waals surface area (Å²) in [7, 11) is 0. The van der Waals surface area contributed by atoms with E-state index in [1.54, 1.807) is 12.1 Å². The topological polar surface area (TPSA) is 107 Å². The number of carboxylic acid groups (broad SMARTS) is 1. The first-order valence-electron chi connectivity index (χ1n) is 5.39. The van der Waals surface area contributed by atoms with Gasteiger partial charge >= 0.3 is 5.97 Å². The van der Waals surface area contributed by atoms with Gasteiger partial charge in [0.15, 0.2) is 0 Å². The molecule has 0 aliphatic rings. The fourth-order valence-corrected chi connectivity index (χ4v) is 1.36. The van der Waals surface area contributed by atoms with Crippen molar-refractivity contribution in [3.63, 3.8) is 0 Å². The number of carbonyl (C=O) groups is 2. The maximum Gasteiger partial charge on any atom is 0.326 e. The van der Waals surface area contributed by atoms with E-state index in [0.717, 1.165) is 0 Å². The van der Waals surface area contributed by atoms with E-state index in [1.807, 2.05) is 0 Å². The average Bonchev–Trinajstić information content (AvgIpc) is 2.30. The third kappa shape index (κ3) is 4.06. The molecule has 0 aliphatic heterocycles. The first-order chi connectivity index (χ1) is 8.40. The molecular formula is C12H15NO5. The van der Waals surface area contributed by atoms with Gasteiger partial charge in [-0.05, 0) is 24.6 Å². The number of hydrogen-bond acceptors (Lipinski definition) is 4. The van der Waals surface area contributed by atoms with Crippen LogP contribution in [0.15, 0.2) is 24.3 Å². The molecule has 6 nitrogen and oxygen atoms in total. The maximum absolute atomic E-state index is 11.2. The number of nitrogens with one attached hydrogen (secondary N) is 1. The lowest BCUT2D eigenvalue weighted by Gasteiger charge is -2.15. The van der Waals surface area contributed by atoms with Gasteiger partial charge in [-0.15, -0.1) is 0 Å². The van der Waals surface area contributed by atoms with Crippen LogP contribution in [0.25, 0.3) is 0 Å². The molecule has 0 spiro atoms. The van der Waals surface area contributed by atoms with Crippen molar-refractivity contribution in [2.75, 3.05) is 0 Å². The molecule has 98 valence electrons. The van der Waals surface area contributed by atoms with E-state index in [-0.39, 0.29) is 12.2 Å². The number of phenolic OH excluding ortho intramolecular Hbond substituents is 1. The molecule has 1 amide bonds. The molecule has 0 fully saturated rings. The zero-order chi connectivity index (χ0) is 13.7. The second-order valence-electron chi connectivity index (χ2n) is 3.95. The van der Waals surface area contributed by atoms with Crippen LogP contribution in [0.4, 0.5) is 0 Å². The van der Waals surface area contributed by atoms with Gasteiger partial charge in [0.05, 0.1) is 0 Å². The minimum Gasteiger partial charge on any atom is -0.508 e. The standard InChI is InChI=1S/C12H15NO5/c1-7(14)11(16)13-10(12(17)18)6-8-2-4-9(15)5-3-8/h2-5,7,10,14-15H,6H2,1H3,(H,13,16)(H,17,18)/t7?,10-/m0/s1. The van der Waals surface area contributed by atoms with Crippen LogP contribution in [0, 0.1) is 0 Å². The van der Waals surface area contributed by atoms with Crippen molar-refractivity contribution in [1.29, 1.82) is 0 Å². The Balaban J connectivity index is 2.72. The molecule has 0 heterocycles. The summed E-state index contributed by atoms with van der Waals surface area (Å²) in [5.41, 5.74) is 0.658. The van der Waals surface area contributed by atoms with Gasteiger partial charge in [-0.2, -0.15) is 0 Å². The molecule has 0 saturated heterocycles. The Morgan fingerprint density at radius 1 is 1.28 bits per heavy atom. The molecule has 0 aliphatic carbocycles. The average molecular weight is 253 g/mol. The zero-order valence-corrected chi connectivity index (χ0v) is 9.83. The summed E-state index contributed by atoms with van der Waals surface area (Å²) in [5.74, 6) is -1.84. The first kappa shape index (κ1) is 14.0. The molecule has 0 bridgehead atoms. The highest BCUT2D eigenvalue weighted by atomic mass is 16.4. The Hall–Kier alpha value is -2.08. The number of rotatable bonds is 5. The lowest BCUT2D eigenvalue weighted by atomic mass is 10.1. The predicted molar refractivity (Wildman–Crippen MR) is 63.1 cm³/mol. The minimum absolute atomic E-state index is 0.0775. The molecule has 6 heteroatoms. The molecule has 1 aromatic carbocycles. The summed E-state index contributed by atoms with van der Waals surface area (Å²) in [6, 6.07) is 4.89. The molecule has 1 rings (SSSR count). The Labute approximate surface area is 104 Å². The maximum atomic E-state index is 11.2. The third-order valence-corrected chi connectivity index (χ3v) is 2.37. The van der Waals surface area contributed by atoms with Gasteiger partial charge in [0, 0.05) is 6.42 Å². The van der Waals surface area contributed by atoms with E-state index >= 15 is 0 Å². The first-order valence-corrected chi connectivity index (χ1v) is 5.39. The number of amides is 1. The van der Waals surface area contributed by atoms with E-state index in [2.05, 4.69) is 5.32 Å². The number of benzene rings is 1. The molecule has 18 heavy (non-hydrogen) atoms. The predicted octanol–water partition coefficient (Wildman–Crippen LogP) is -0.115. The second kappa shape index (κ2) is 6.02. The van der Waals surface area contributed by atoms with Crippen molar-refractivity contribution in [3.8, 4) is 5.75 Å². The van der Waals surface area contributed by atoms with Crippen molar-refractivity contribution >= 4 is 11.9 Å². The number of phenols is 1. The lowest BCUT2D eigenvalue weighted by Crippen LogP contribution is -2.45. The summed E-state index contributed by atoms with van der Waals surface area (Å²) in [6.07, 6.45) is -1.18. The number of aromatic hydroxyl groups is 1. The SMILES string of the molecule is CC(O)C(=O)N[C@@H](Cc1ccc(O)cc1)C(=O)O. The van der Waals surface area contributed by atoms with E-state index in [0.29, 0.717) is 5.56 Å². The van der Waals surface area contributed by atoms with Crippen LogP contribution in [-0.2, 0) is 16.0 Å². The normalized spacial score (nSPS) is 13.7. The van der Waals surface area contributed by atoms with Gasteiger partial charge in [-0.1, -0.05) is 12.1 Å². The van der Waals surface area contributed by atoms with E-state index in [1.165, 1.54) is 19.1 Å². The zero-order valence-electron chi connectivity index (χ0n) is 9.83. The number of carbonyl (C=O) groups excluding carboxylic acids is 1. The number of carboxylic acids is 1. The Morgan fingerprint density at radius 2 is 1.83 bits per heavy atom. The van der Waals surface area contributed by atoms with Crippen LogP contribution >= 0.6 is 0 Å². The van der Waals surface area contributed by atoms with Crippen LogP contribution in [-0.4, -0.2) is 39.3 Å². The van der Waals surface area contributed by atoms with Crippen molar-refractivity contribution in [2.45, 2.75) is 25.5 Å². The quantitative estimate of drug-likeness (QED) is 0.585. The van der Waals surface area contributed by atoms with Gasteiger partial charge in [0.25, 0.3) is 0 Å². The number of hydrogen-bond donors (Lipinski definition) is 4. The monoisotopic (exact) mass is 253 g/mol. The van der Waals surface area contributed by atoms with Gasteiger partial charge in [-0.25, -0.2) is 4.79 Å². The summed E-state index contributed by atoms with van der Waals surface area (Å²) in [4.78, 5) is 22.2. The molecule has 0 aromatic heterocycles. The number of aliphatic carboxylic acids is 1. The Kier molecular flexibility index (Phi) is 4.67.